The van der Waals surface area contributed by atoms with Crippen molar-refractivity contribution in [3.05, 3.63) is 64.2 Å². The molecule has 2 rings (SSSR count). The second-order valence-electron chi connectivity index (χ2n) is 6.32. The first kappa shape index (κ1) is 18.5. The molecule has 0 radical (unpaired) electrons. The topological polar surface area (TPSA) is 63.2 Å². The van der Waals surface area contributed by atoms with Gasteiger partial charge in [0.05, 0.1) is 10.3 Å². The first-order chi connectivity index (χ1) is 11.0. The van der Waals surface area contributed by atoms with Crippen LogP contribution in [0.2, 0.25) is 5.02 Å². The third kappa shape index (κ3) is 3.79. The van der Waals surface area contributed by atoms with Crippen LogP contribution in [0.1, 0.15) is 30.5 Å². The van der Waals surface area contributed by atoms with Crippen molar-refractivity contribution >= 4 is 27.5 Å². The number of sulfonamides is 1. The number of carbonyl (C=O) groups is 1. The van der Waals surface area contributed by atoms with Crippen molar-refractivity contribution in [1.82, 2.24) is 4.72 Å². The van der Waals surface area contributed by atoms with E-state index < -0.39 is 21.3 Å². The molecule has 1 amide bonds. The first-order valence-corrected chi connectivity index (χ1v) is 9.31. The van der Waals surface area contributed by atoms with Crippen LogP contribution in [0.5, 0.6) is 0 Å². The van der Waals surface area contributed by atoms with Gasteiger partial charge in [-0.25, -0.2) is 13.1 Å². The Labute approximate surface area is 147 Å². The first-order valence-electron chi connectivity index (χ1n) is 7.44. The second-order valence-corrected chi connectivity index (χ2v) is 8.43. The maximum absolute atomic E-state index is 12.6. The number of amides is 1. The van der Waals surface area contributed by atoms with Gasteiger partial charge in [0.15, 0.2) is 0 Å². The van der Waals surface area contributed by atoms with Crippen LogP contribution in [0.25, 0.3) is 0 Å². The Morgan fingerprint density at radius 3 is 2.29 bits per heavy atom. The Bertz CT molecular complexity index is 889. The molecule has 128 valence electrons. The monoisotopic (exact) mass is 365 g/mol. The summed E-state index contributed by atoms with van der Waals surface area (Å²) >= 11 is 5.97. The van der Waals surface area contributed by atoms with Crippen LogP contribution in [0, 0.1) is 13.8 Å². The van der Waals surface area contributed by atoms with E-state index in [-0.39, 0.29) is 4.90 Å². The van der Waals surface area contributed by atoms with Gasteiger partial charge >= 0.3 is 0 Å². The summed E-state index contributed by atoms with van der Waals surface area (Å²) in [6.07, 6.45) is 0. The highest BCUT2D eigenvalue weighted by Crippen LogP contribution is 2.26. The van der Waals surface area contributed by atoms with E-state index in [2.05, 4.69) is 4.72 Å². The van der Waals surface area contributed by atoms with E-state index in [4.69, 9.17) is 11.6 Å². The third-order valence-corrected chi connectivity index (χ3v) is 5.69. The fourth-order valence-corrected chi connectivity index (χ4v) is 3.58. The minimum atomic E-state index is -3.93. The van der Waals surface area contributed by atoms with Gasteiger partial charge in [-0.3, -0.25) is 4.79 Å². The van der Waals surface area contributed by atoms with Gasteiger partial charge in [0.2, 0.25) is 5.91 Å². The Morgan fingerprint density at radius 2 is 1.71 bits per heavy atom. The molecule has 0 saturated carbocycles. The maximum atomic E-state index is 12.6. The van der Waals surface area contributed by atoms with Crippen LogP contribution in [0.15, 0.2) is 47.4 Å². The maximum Gasteiger partial charge on any atom is 0.264 e. The fraction of sp³-hybridized carbons (Fsp3) is 0.278. The molecule has 2 aromatic rings. The zero-order valence-electron chi connectivity index (χ0n) is 14.1. The summed E-state index contributed by atoms with van der Waals surface area (Å²) in [5.74, 6) is -0.608. The molecule has 4 nitrogen and oxygen atoms in total. The SMILES string of the molecule is Cc1ccc(S(=O)(=O)NC(=O)C(C)(C)c2cccc(Cl)c2)cc1C. The highest BCUT2D eigenvalue weighted by Gasteiger charge is 2.33. The minimum Gasteiger partial charge on any atom is -0.273 e. The zero-order valence-corrected chi connectivity index (χ0v) is 15.6. The molecule has 24 heavy (non-hydrogen) atoms. The summed E-state index contributed by atoms with van der Waals surface area (Å²) in [7, 11) is -3.93. The number of aryl methyl sites for hydroxylation is 2. The van der Waals surface area contributed by atoms with Crippen molar-refractivity contribution in [1.29, 1.82) is 0 Å². The van der Waals surface area contributed by atoms with Gasteiger partial charge in [-0.05, 0) is 68.7 Å². The van der Waals surface area contributed by atoms with Gasteiger partial charge < -0.3 is 0 Å². The lowest BCUT2D eigenvalue weighted by Crippen LogP contribution is -2.43. The lowest BCUT2D eigenvalue weighted by molar-refractivity contribution is -0.123. The van der Waals surface area contributed by atoms with Gasteiger partial charge in [0.25, 0.3) is 10.0 Å². The number of benzene rings is 2. The summed E-state index contributed by atoms with van der Waals surface area (Å²) in [6.45, 7) is 7.03. The summed E-state index contributed by atoms with van der Waals surface area (Å²) in [6, 6.07) is 11.6. The molecule has 0 aliphatic heterocycles. The van der Waals surface area contributed by atoms with Crippen molar-refractivity contribution in [2.24, 2.45) is 0 Å². The van der Waals surface area contributed by atoms with E-state index in [0.717, 1.165) is 11.1 Å². The van der Waals surface area contributed by atoms with Crippen LogP contribution in [0.4, 0.5) is 0 Å². The fourth-order valence-electron chi connectivity index (χ4n) is 2.20. The molecule has 0 aliphatic carbocycles. The standard InChI is InChI=1S/C18H20ClNO3S/c1-12-8-9-16(10-13(12)2)24(22,23)20-17(21)18(3,4)14-6-5-7-15(19)11-14/h5-11H,1-4H3,(H,20,21). The van der Waals surface area contributed by atoms with Crippen LogP contribution in [0.3, 0.4) is 0 Å². The average molecular weight is 366 g/mol. The molecule has 1 N–H and O–H groups in total. The molecule has 0 saturated heterocycles. The Balaban J connectivity index is 2.31. The van der Waals surface area contributed by atoms with E-state index in [0.29, 0.717) is 10.6 Å². The van der Waals surface area contributed by atoms with Crippen LogP contribution >= 0.6 is 11.6 Å². The van der Waals surface area contributed by atoms with Gasteiger partial charge in [-0.2, -0.15) is 0 Å². The molecular formula is C18H20ClNO3S. The predicted octanol–water partition coefficient (Wildman–Crippen LogP) is 3.74. The summed E-state index contributed by atoms with van der Waals surface area (Å²) in [5, 5.41) is 0.491. The van der Waals surface area contributed by atoms with E-state index in [1.54, 1.807) is 50.2 Å². The second kappa shape index (κ2) is 6.57. The molecular weight excluding hydrogens is 346 g/mol. The lowest BCUT2D eigenvalue weighted by atomic mass is 9.84. The number of nitrogens with one attached hydrogen (secondary N) is 1. The average Bonchev–Trinajstić information content (AvgIpc) is 2.49. The van der Waals surface area contributed by atoms with Gasteiger partial charge in [0.1, 0.15) is 0 Å². The van der Waals surface area contributed by atoms with Crippen LogP contribution in [-0.2, 0) is 20.2 Å². The molecule has 0 unspecified atom stereocenters. The van der Waals surface area contributed by atoms with E-state index >= 15 is 0 Å². The number of rotatable bonds is 4. The Kier molecular flexibility index (Phi) is 5.06. The Morgan fingerprint density at radius 1 is 1.04 bits per heavy atom. The molecule has 0 atom stereocenters. The predicted molar refractivity (Wildman–Crippen MR) is 95.7 cm³/mol. The molecule has 0 fully saturated rings. The van der Waals surface area contributed by atoms with Crippen molar-refractivity contribution in [3.8, 4) is 0 Å². The highest BCUT2D eigenvalue weighted by molar-refractivity contribution is 7.90. The normalized spacial score (nSPS) is 12.0. The van der Waals surface area contributed by atoms with Crippen molar-refractivity contribution in [2.75, 3.05) is 0 Å². The van der Waals surface area contributed by atoms with Gasteiger partial charge in [0, 0.05) is 5.02 Å². The Hall–Kier alpha value is -1.85. The zero-order chi connectivity index (χ0) is 18.1. The molecule has 0 heterocycles. The van der Waals surface area contributed by atoms with Crippen LogP contribution < -0.4 is 4.72 Å². The third-order valence-electron chi connectivity index (χ3n) is 4.13. The van der Waals surface area contributed by atoms with E-state index in [1.807, 2.05) is 13.8 Å². The summed E-state index contributed by atoms with van der Waals surface area (Å²) < 4.78 is 27.2. The molecule has 0 aliphatic rings. The molecule has 0 spiro atoms. The van der Waals surface area contributed by atoms with Crippen molar-refractivity contribution < 1.29 is 13.2 Å². The lowest BCUT2D eigenvalue weighted by Gasteiger charge is -2.24. The molecule has 2 aromatic carbocycles. The molecule has 0 bridgehead atoms. The smallest absolute Gasteiger partial charge is 0.264 e. The van der Waals surface area contributed by atoms with Crippen molar-refractivity contribution in [3.63, 3.8) is 0 Å². The quantitative estimate of drug-likeness (QED) is 0.897. The van der Waals surface area contributed by atoms with Gasteiger partial charge in [-0.15, -0.1) is 0 Å². The van der Waals surface area contributed by atoms with E-state index in [9.17, 15) is 13.2 Å². The molecule has 0 aromatic heterocycles. The van der Waals surface area contributed by atoms with Crippen molar-refractivity contribution in [2.45, 2.75) is 38.0 Å². The largest absolute Gasteiger partial charge is 0.273 e. The van der Waals surface area contributed by atoms with E-state index in [1.165, 1.54) is 6.07 Å². The number of hydrogen-bond acceptors (Lipinski definition) is 3. The highest BCUT2D eigenvalue weighted by atomic mass is 35.5. The summed E-state index contributed by atoms with van der Waals surface area (Å²) in [5.41, 5.74) is 1.43. The number of halogens is 1. The number of carbonyl (C=O) groups excluding carboxylic acids is 1. The molecule has 6 heteroatoms. The van der Waals surface area contributed by atoms with Crippen LogP contribution in [-0.4, -0.2) is 14.3 Å². The summed E-state index contributed by atoms with van der Waals surface area (Å²) in [4.78, 5) is 12.7. The number of hydrogen-bond donors (Lipinski definition) is 1. The van der Waals surface area contributed by atoms with Gasteiger partial charge in [-0.1, -0.05) is 29.8 Å². The minimum absolute atomic E-state index is 0.0702.